The fourth-order valence-electron chi connectivity index (χ4n) is 0.953. The predicted molar refractivity (Wildman–Crippen MR) is 38.8 cm³/mol. The Morgan fingerprint density at radius 2 is 1.75 bits per heavy atom. The molecule has 0 amide bonds. The fourth-order valence-corrected chi connectivity index (χ4v) is 2.96. The zero-order valence-corrected chi connectivity index (χ0v) is 6.46. The summed E-state index contributed by atoms with van der Waals surface area (Å²) in [4.78, 5) is 0. The summed E-state index contributed by atoms with van der Waals surface area (Å²) in [6.07, 6.45) is 6.65. The Morgan fingerprint density at radius 1 is 1.12 bits per heavy atom. The third kappa shape index (κ3) is 1.72. The monoisotopic (exact) mass is 150 g/mol. The van der Waals surface area contributed by atoms with Crippen LogP contribution in [0.3, 0.4) is 0 Å². The second kappa shape index (κ2) is 3.42. The largest absolute Gasteiger partial charge is 0.222 e. The van der Waals surface area contributed by atoms with Gasteiger partial charge in [0.25, 0.3) is 0 Å². The van der Waals surface area contributed by atoms with Gasteiger partial charge in [-0.25, -0.2) is 0 Å². The van der Waals surface area contributed by atoms with Gasteiger partial charge in [-0.05, 0) is 19.3 Å². The van der Waals surface area contributed by atoms with E-state index in [-0.39, 0.29) is 7.71 Å². The summed E-state index contributed by atoms with van der Waals surface area (Å²) >= 11 is 5.33. The Labute approximate surface area is 56.0 Å². The highest BCUT2D eigenvalue weighted by Crippen LogP contribution is 2.33. The molecule has 1 nitrogen and oxygen atoms in total. The highest BCUT2D eigenvalue weighted by molar-refractivity contribution is 7.48. The van der Waals surface area contributed by atoms with Crippen molar-refractivity contribution in [3.05, 3.63) is 0 Å². The van der Waals surface area contributed by atoms with Gasteiger partial charge in [0.15, 0.2) is 0 Å². The molecule has 1 aliphatic rings. The van der Waals surface area contributed by atoms with Crippen LogP contribution in [0.1, 0.15) is 19.3 Å². The molecule has 0 spiro atoms. The van der Waals surface area contributed by atoms with Gasteiger partial charge in [-0.2, -0.15) is 0 Å². The summed E-state index contributed by atoms with van der Waals surface area (Å²) in [5.41, 5.74) is 0. The lowest BCUT2D eigenvalue weighted by molar-refractivity contribution is 0.756. The minimum atomic E-state index is -0.0791. The number of halogens is 1. The first-order chi connectivity index (χ1) is 3.93. The predicted octanol–water partition coefficient (Wildman–Crippen LogP) is 2.99. The molecule has 1 aliphatic heterocycles. The van der Waals surface area contributed by atoms with E-state index < -0.39 is 0 Å². The zero-order valence-electron chi connectivity index (χ0n) is 4.81. The van der Waals surface area contributed by atoms with Gasteiger partial charge in [0.1, 0.15) is 12.3 Å². The first-order valence-corrected chi connectivity index (χ1v) is 5.00. The van der Waals surface area contributed by atoms with Crippen molar-refractivity contribution in [2.75, 3.05) is 12.3 Å². The Balaban J connectivity index is 2.33. The molecule has 0 aromatic rings. The molecule has 46 valence electrons. The maximum Gasteiger partial charge on any atom is 0.222 e. The van der Waals surface area contributed by atoms with Gasteiger partial charge in [-0.15, -0.1) is 0 Å². The number of rotatable bonds is 0. The van der Waals surface area contributed by atoms with Crippen LogP contribution in [0.25, 0.3) is 0 Å². The maximum absolute atomic E-state index is 5.33. The maximum atomic E-state index is 5.33. The molecule has 0 unspecified atom stereocenters. The van der Waals surface area contributed by atoms with Gasteiger partial charge in [0, 0.05) is 4.26 Å². The lowest BCUT2D eigenvalue weighted by Gasteiger charge is -1.99. The average molecular weight is 151 g/mol. The first-order valence-electron chi connectivity index (χ1n) is 3.00. The Hall–Kier alpha value is 0.390. The van der Waals surface area contributed by atoms with Gasteiger partial charge in [-0.1, -0.05) is 0 Å². The number of hydrogen-bond donors (Lipinski definition) is 0. The van der Waals surface area contributed by atoms with Crippen LogP contribution < -0.4 is 0 Å². The van der Waals surface area contributed by atoms with Crippen LogP contribution in [-0.4, -0.2) is 12.3 Å². The molecule has 0 saturated carbocycles. The van der Waals surface area contributed by atoms with E-state index in [1.165, 1.54) is 31.6 Å². The van der Waals surface area contributed by atoms with E-state index in [0.29, 0.717) is 0 Å². The van der Waals surface area contributed by atoms with Crippen molar-refractivity contribution in [2.24, 2.45) is 4.26 Å². The van der Waals surface area contributed by atoms with Crippen LogP contribution in [0.4, 0.5) is 0 Å². The molecule has 0 N–H and O–H groups in total. The summed E-state index contributed by atoms with van der Waals surface area (Å²) in [5.74, 6) is 0. The molecule has 1 fully saturated rings. The molecule has 1 heterocycles. The van der Waals surface area contributed by atoms with E-state index >= 15 is 0 Å². The van der Waals surface area contributed by atoms with E-state index in [9.17, 15) is 0 Å². The quantitative estimate of drug-likeness (QED) is 0.471. The Morgan fingerprint density at radius 3 is 2.12 bits per heavy atom. The van der Waals surface area contributed by atoms with E-state index in [2.05, 4.69) is 4.26 Å². The molecular weight excluding hydrogens is 140 g/mol. The highest BCUT2D eigenvalue weighted by Gasteiger charge is 2.16. The van der Waals surface area contributed by atoms with Crippen molar-refractivity contribution in [2.45, 2.75) is 19.3 Å². The Kier molecular flexibility index (Phi) is 2.78. The van der Waals surface area contributed by atoms with Gasteiger partial charge in [0.2, 0.25) is 7.71 Å². The topological polar surface area (TPSA) is 12.4 Å². The normalized spacial score (nSPS) is 20.9. The van der Waals surface area contributed by atoms with E-state index in [4.69, 9.17) is 11.8 Å². The van der Waals surface area contributed by atoms with Gasteiger partial charge < -0.3 is 0 Å². The third-order valence-corrected chi connectivity index (χ3v) is 3.96. The lowest BCUT2D eigenvalue weighted by atomic mass is 10.3. The van der Waals surface area contributed by atoms with Crippen molar-refractivity contribution in [1.29, 1.82) is 0 Å². The smallest absolute Gasteiger partial charge is 0.0454 e. The molecule has 0 bridgehead atoms. The van der Waals surface area contributed by atoms with Crippen LogP contribution >= 0.6 is 19.5 Å². The van der Waals surface area contributed by atoms with Gasteiger partial charge in [0.05, 0.1) is 11.8 Å². The fraction of sp³-hybridized carbons (Fsp3) is 1.00. The van der Waals surface area contributed by atoms with Crippen LogP contribution in [0.15, 0.2) is 4.26 Å². The minimum absolute atomic E-state index is 0.0791. The van der Waals surface area contributed by atoms with Crippen molar-refractivity contribution in [1.82, 2.24) is 0 Å². The second-order valence-electron chi connectivity index (χ2n) is 2.09. The third-order valence-electron chi connectivity index (χ3n) is 1.44. The molecule has 0 radical (unpaired) electrons. The summed E-state index contributed by atoms with van der Waals surface area (Å²) in [6, 6.07) is 0. The molecule has 0 aromatic heterocycles. The van der Waals surface area contributed by atoms with Gasteiger partial charge in [-0.3, -0.25) is 0 Å². The minimum Gasteiger partial charge on any atom is -0.0454 e. The standard InChI is InChI=1S/C5H10ClNP/c6-7-8-4-2-1-3-5-8/h1-5H2/q+1. The number of nitrogens with zero attached hydrogens (tertiary/aromatic N) is 1. The first kappa shape index (κ1) is 6.51. The summed E-state index contributed by atoms with van der Waals surface area (Å²) in [7, 11) is -0.0791. The van der Waals surface area contributed by atoms with Crippen LogP contribution in [0, 0.1) is 0 Å². The van der Waals surface area contributed by atoms with E-state index in [1.807, 2.05) is 0 Å². The molecular formula is C5H10ClNP+. The van der Waals surface area contributed by atoms with Crippen LogP contribution in [-0.2, 0) is 0 Å². The molecule has 3 heteroatoms. The molecule has 0 aromatic carbocycles. The van der Waals surface area contributed by atoms with E-state index in [1.54, 1.807) is 0 Å². The highest BCUT2D eigenvalue weighted by atomic mass is 35.5. The SMILES string of the molecule is ClN=[P+]1CCCCC1. The average Bonchev–Trinajstić information content (AvgIpc) is 1.90. The van der Waals surface area contributed by atoms with Crippen molar-refractivity contribution < 1.29 is 0 Å². The van der Waals surface area contributed by atoms with Crippen molar-refractivity contribution >= 4 is 19.5 Å². The Bertz CT molecular complexity index is 94.6. The summed E-state index contributed by atoms with van der Waals surface area (Å²) in [6.45, 7) is 0. The van der Waals surface area contributed by atoms with Crippen molar-refractivity contribution in [3.63, 3.8) is 0 Å². The van der Waals surface area contributed by atoms with Gasteiger partial charge >= 0.3 is 0 Å². The molecule has 0 aliphatic carbocycles. The summed E-state index contributed by atoms with van der Waals surface area (Å²) < 4.78 is 3.78. The second-order valence-corrected chi connectivity index (χ2v) is 4.60. The lowest BCUT2D eigenvalue weighted by Crippen LogP contribution is -1.92. The number of hydrogen-bond acceptors (Lipinski definition) is 1. The van der Waals surface area contributed by atoms with E-state index in [0.717, 1.165) is 0 Å². The molecule has 1 rings (SSSR count). The summed E-state index contributed by atoms with van der Waals surface area (Å²) in [5, 5.41) is 0. The van der Waals surface area contributed by atoms with Crippen LogP contribution in [0.2, 0.25) is 0 Å². The molecule has 8 heavy (non-hydrogen) atoms. The molecule has 0 atom stereocenters. The molecule has 1 saturated heterocycles. The van der Waals surface area contributed by atoms with Crippen molar-refractivity contribution in [3.8, 4) is 0 Å². The van der Waals surface area contributed by atoms with Crippen LogP contribution in [0.5, 0.6) is 0 Å². The zero-order chi connectivity index (χ0) is 5.82.